The largest absolute Gasteiger partial charge is 0.331 e. The van der Waals surface area contributed by atoms with Crippen LogP contribution < -0.4 is 5.32 Å². The van der Waals surface area contributed by atoms with Crippen LogP contribution in [0.3, 0.4) is 0 Å². The minimum atomic E-state index is -2.33. The van der Waals surface area contributed by atoms with E-state index < -0.39 is 30.1 Å². The number of terminal acetylenes is 1. The lowest BCUT2D eigenvalue weighted by Gasteiger charge is -2.32. The van der Waals surface area contributed by atoms with E-state index in [0.29, 0.717) is 11.3 Å². The summed E-state index contributed by atoms with van der Waals surface area (Å²) >= 11 is 0. The van der Waals surface area contributed by atoms with Crippen LogP contribution in [0.5, 0.6) is 0 Å². The lowest BCUT2D eigenvalue weighted by Crippen LogP contribution is -2.61. The molecule has 0 radical (unpaired) electrons. The summed E-state index contributed by atoms with van der Waals surface area (Å²) in [6.07, 6.45) is 3.30. The number of imide groups is 2. The summed E-state index contributed by atoms with van der Waals surface area (Å²) in [6.45, 7) is 1.71. The van der Waals surface area contributed by atoms with E-state index in [1.54, 1.807) is 12.2 Å². The molecule has 0 aliphatic carbocycles. The minimum Gasteiger partial charge on any atom is -0.275 e. The number of rotatable bonds is 3. The van der Waals surface area contributed by atoms with Gasteiger partial charge in [0.25, 0.3) is 18.0 Å². The first-order chi connectivity index (χ1) is 7.52. The van der Waals surface area contributed by atoms with Gasteiger partial charge in [-0.2, -0.15) is 0 Å². The Balaban J connectivity index is 2.94. The van der Waals surface area contributed by atoms with E-state index in [0.717, 1.165) is 0 Å². The highest BCUT2D eigenvalue weighted by Crippen LogP contribution is 2.15. The standard InChI is InChI=1S/C10H11FN2O3/c1-3-5-6(4-2)13-9(15)7(11)8(14)12-10(13)16/h1,6-7H,4-5H2,2H3,(H,12,14,16). The zero-order valence-corrected chi connectivity index (χ0v) is 8.70. The predicted molar refractivity (Wildman–Crippen MR) is 52.8 cm³/mol. The van der Waals surface area contributed by atoms with Gasteiger partial charge < -0.3 is 0 Å². The fraction of sp³-hybridized carbons (Fsp3) is 0.500. The first-order valence-corrected chi connectivity index (χ1v) is 4.78. The molecule has 4 amide bonds. The van der Waals surface area contributed by atoms with Crippen molar-refractivity contribution in [3.8, 4) is 12.3 Å². The molecule has 0 saturated carbocycles. The lowest BCUT2D eigenvalue weighted by atomic mass is 10.1. The van der Waals surface area contributed by atoms with E-state index in [4.69, 9.17) is 6.42 Å². The van der Waals surface area contributed by atoms with E-state index >= 15 is 0 Å². The average Bonchev–Trinajstić information content (AvgIpc) is 2.25. The summed E-state index contributed by atoms with van der Waals surface area (Å²) in [7, 11) is 0. The van der Waals surface area contributed by atoms with Crippen molar-refractivity contribution in [2.45, 2.75) is 32.0 Å². The highest BCUT2D eigenvalue weighted by atomic mass is 19.1. The molecule has 2 unspecified atom stereocenters. The molecule has 1 aliphatic heterocycles. The Kier molecular flexibility index (Phi) is 3.61. The van der Waals surface area contributed by atoms with E-state index in [1.807, 2.05) is 0 Å². The molecule has 1 heterocycles. The highest BCUT2D eigenvalue weighted by Gasteiger charge is 2.43. The van der Waals surface area contributed by atoms with Crippen molar-refractivity contribution in [3.05, 3.63) is 0 Å². The van der Waals surface area contributed by atoms with Gasteiger partial charge in [-0.15, -0.1) is 12.3 Å². The zero-order valence-electron chi connectivity index (χ0n) is 8.70. The maximum atomic E-state index is 13.1. The molecule has 0 aromatic carbocycles. The maximum absolute atomic E-state index is 13.1. The molecule has 1 saturated heterocycles. The Hall–Kier alpha value is -1.90. The number of carbonyl (C=O) groups is 3. The number of nitrogens with zero attached hydrogens (tertiary/aromatic N) is 1. The molecule has 0 spiro atoms. The topological polar surface area (TPSA) is 66.5 Å². The smallest absolute Gasteiger partial charge is 0.275 e. The maximum Gasteiger partial charge on any atom is 0.331 e. The molecule has 1 N–H and O–H groups in total. The van der Waals surface area contributed by atoms with Gasteiger partial charge in [0.05, 0.1) is 6.04 Å². The van der Waals surface area contributed by atoms with Gasteiger partial charge in [-0.05, 0) is 6.42 Å². The van der Waals surface area contributed by atoms with Gasteiger partial charge in [-0.25, -0.2) is 9.18 Å². The SMILES string of the molecule is C#CCC(CC)N1C(=O)NC(=O)C(F)C1=O. The van der Waals surface area contributed by atoms with Crippen LogP contribution in [-0.2, 0) is 9.59 Å². The van der Waals surface area contributed by atoms with Gasteiger partial charge >= 0.3 is 6.03 Å². The molecular weight excluding hydrogens is 215 g/mol. The summed E-state index contributed by atoms with van der Waals surface area (Å²) < 4.78 is 13.1. The van der Waals surface area contributed by atoms with Gasteiger partial charge in [0.15, 0.2) is 0 Å². The molecule has 1 rings (SSSR count). The van der Waals surface area contributed by atoms with Gasteiger partial charge in [0.2, 0.25) is 0 Å². The number of hydrogen-bond donors (Lipinski definition) is 1. The van der Waals surface area contributed by atoms with Crippen molar-refractivity contribution in [2.75, 3.05) is 0 Å². The van der Waals surface area contributed by atoms with Crippen molar-refractivity contribution in [3.63, 3.8) is 0 Å². The summed E-state index contributed by atoms with van der Waals surface area (Å²) in [5.74, 6) is -0.0614. The summed E-state index contributed by atoms with van der Waals surface area (Å²) in [5, 5.41) is 1.77. The molecule has 2 atom stereocenters. The van der Waals surface area contributed by atoms with Crippen LogP contribution in [0.2, 0.25) is 0 Å². The van der Waals surface area contributed by atoms with Gasteiger partial charge in [-0.1, -0.05) is 6.92 Å². The predicted octanol–water partition coefficient (Wildman–Crippen LogP) is 0.205. The van der Waals surface area contributed by atoms with Crippen molar-refractivity contribution >= 4 is 17.8 Å². The highest BCUT2D eigenvalue weighted by molar-refractivity contribution is 6.18. The average molecular weight is 226 g/mol. The quantitative estimate of drug-likeness (QED) is 0.552. The third kappa shape index (κ3) is 2.03. The second-order valence-corrected chi connectivity index (χ2v) is 3.34. The Morgan fingerprint density at radius 2 is 2.19 bits per heavy atom. The van der Waals surface area contributed by atoms with Crippen LogP contribution in [0.1, 0.15) is 19.8 Å². The number of amides is 4. The number of urea groups is 1. The molecular formula is C10H11FN2O3. The Morgan fingerprint density at radius 3 is 2.69 bits per heavy atom. The monoisotopic (exact) mass is 226 g/mol. The van der Waals surface area contributed by atoms with Crippen molar-refractivity contribution in [1.29, 1.82) is 0 Å². The number of barbiturate groups is 1. The Labute approximate surface area is 92.0 Å². The molecule has 5 nitrogen and oxygen atoms in total. The third-order valence-electron chi connectivity index (χ3n) is 2.32. The van der Waals surface area contributed by atoms with Gasteiger partial charge in [-0.3, -0.25) is 19.8 Å². The fourth-order valence-corrected chi connectivity index (χ4v) is 1.46. The van der Waals surface area contributed by atoms with Crippen LogP contribution in [0, 0.1) is 12.3 Å². The molecule has 16 heavy (non-hydrogen) atoms. The number of carbonyl (C=O) groups excluding carboxylic acids is 3. The third-order valence-corrected chi connectivity index (χ3v) is 2.32. The van der Waals surface area contributed by atoms with Crippen molar-refractivity contribution in [2.24, 2.45) is 0 Å². The number of hydrogen-bond acceptors (Lipinski definition) is 3. The van der Waals surface area contributed by atoms with Crippen LogP contribution in [-0.4, -0.2) is 35.0 Å². The van der Waals surface area contributed by atoms with Crippen LogP contribution in [0.25, 0.3) is 0 Å². The minimum absolute atomic E-state index is 0.135. The zero-order chi connectivity index (χ0) is 12.3. The van der Waals surface area contributed by atoms with Crippen molar-refractivity contribution in [1.82, 2.24) is 10.2 Å². The van der Waals surface area contributed by atoms with E-state index in [9.17, 15) is 18.8 Å². The second-order valence-electron chi connectivity index (χ2n) is 3.34. The molecule has 0 bridgehead atoms. The van der Waals surface area contributed by atoms with E-state index in [1.165, 1.54) is 0 Å². The van der Waals surface area contributed by atoms with Gasteiger partial charge in [0, 0.05) is 6.42 Å². The molecule has 6 heteroatoms. The molecule has 86 valence electrons. The van der Waals surface area contributed by atoms with Crippen molar-refractivity contribution < 1.29 is 18.8 Å². The molecule has 0 aromatic heterocycles. The van der Waals surface area contributed by atoms with E-state index in [-0.39, 0.29) is 6.42 Å². The number of nitrogens with one attached hydrogen (secondary N) is 1. The Bertz CT molecular complexity index is 375. The molecule has 0 aromatic rings. The second kappa shape index (κ2) is 4.75. The first kappa shape index (κ1) is 12.2. The Morgan fingerprint density at radius 1 is 1.56 bits per heavy atom. The van der Waals surface area contributed by atoms with E-state index in [2.05, 4.69) is 5.92 Å². The summed E-state index contributed by atoms with van der Waals surface area (Å²) in [5.41, 5.74) is 0. The molecule has 1 aliphatic rings. The van der Waals surface area contributed by atoms with Gasteiger partial charge in [0.1, 0.15) is 0 Å². The summed E-state index contributed by atoms with van der Waals surface area (Å²) in [4.78, 5) is 34.3. The lowest BCUT2D eigenvalue weighted by molar-refractivity contribution is -0.145. The number of alkyl halides is 1. The van der Waals surface area contributed by atoms with Crippen LogP contribution >= 0.6 is 0 Å². The molecule has 1 fully saturated rings. The van der Waals surface area contributed by atoms with Crippen LogP contribution in [0.15, 0.2) is 0 Å². The summed E-state index contributed by atoms with van der Waals surface area (Å²) in [6, 6.07) is -1.49. The first-order valence-electron chi connectivity index (χ1n) is 4.78. The van der Waals surface area contributed by atoms with Crippen LogP contribution in [0.4, 0.5) is 9.18 Å². The normalized spacial score (nSPS) is 22.7. The number of halogens is 1. The fourth-order valence-electron chi connectivity index (χ4n) is 1.46.